The highest BCUT2D eigenvalue weighted by Gasteiger charge is 2.07. The van der Waals surface area contributed by atoms with E-state index in [4.69, 9.17) is 22.7 Å². The van der Waals surface area contributed by atoms with Gasteiger partial charge in [0, 0.05) is 25.5 Å². The van der Waals surface area contributed by atoms with Crippen LogP contribution < -0.4 is 26.4 Å². The summed E-state index contributed by atoms with van der Waals surface area (Å²) in [6, 6.07) is 7.38. The lowest BCUT2D eigenvalue weighted by atomic mass is 10.1. The van der Waals surface area contributed by atoms with Gasteiger partial charge in [-0.15, -0.1) is 0 Å². The van der Waals surface area contributed by atoms with E-state index in [1.165, 1.54) is 12.4 Å². The first-order chi connectivity index (χ1) is 14.7. The summed E-state index contributed by atoms with van der Waals surface area (Å²) >= 11 is 6.17. The predicted octanol–water partition coefficient (Wildman–Crippen LogP) is 0.769. The van der Waals surface area contributed by atoms with E-state index in [-0.39, 0.29) is 19.0 Å². The topological polar surface area (TPSA) is 175 Å². The number of nitrogens with two attached hydrogens (primary N) is 1. The number of benzene rings is 1. The fourth-order valence-electron chi connectivity index (χ4n) is 2.31. The number of nitrogens with one attached hydrogen (secondary N) is 5. The molecule has 0 aliphatic heterocycles. The van der Waals surface area contributed by atoms with Crippen molar-refractivity contribution < 1.29 is 13.2 Å². The Hall–Kier alpha value is -3.22. The van der Waals surface area contributed by atoms with Crippen molar-refractivity contribution in [3.63, 3.8) is 0 Å². The van der Waals surface area contributed by atoms with Crippen molar-refractivity contribution in [1.29, 1.82) is 5.41 Å². The van der Waals surface area contributed by atoms with Crippen molar-refractivity contribution in [3.05, 3.63) is 58.5 Å². The molecule has 1 heterocycles. The molecular formula is C18H23ClN8O3S. The highest BCUT2D eigenvalue weighted by molar-refractivity contribution is 7.88. The average molecular weight is 467 g/mol. The number of primary amides is 1. The molecule has 166 valence electrons. The third kappa shape index (κ3) is 8.99. The second kappa shape index (κ2) is 11.2. The number of aromatic nitrogens is 2. The van der Waals surface area contributed by atoms with Crippen molar-refractivity contribution in [2.45, 2.75) is 13.1 Å². The van der Waals surface area contributed by atoms with Crippen LogP contribution in [0.3, 0.4) is 0 Å². The molecule has 0 aliphatic carbocycles. The number of carbonyl (C=O) groups is 1. The standard InChI is InChI=1S/C18H23ClN8O3S/c1-31(29,30)25-8-13-4-2-3-12(5-13)7-23-17-15(19)10-24-18(27-17)26-14(6-20)9-22-11-16(21)28/h2-6,9-10,20,22,25H,7-8,11H2,1H3,(H2,21,28)(H2,23,24,26,27)/b14-9+,20-6?. The maximum Gasteiger partial charge on any atom is 0.236 e. The number of halogens is 1. The molecule has 2 aromatic rings. The molecule has 0 radical (unpaired) electrons. The van der Waals surface area contributed by atoms with E-state index >= 15 is 0 Å². The Kier molecular flexibility index (Phi) is 8.73. The second-order valence-electron chi connectivity index (χ2n) is 6.37. The zero-order chi connectivity index (χ0) is 22.9. The van der Waals surface area contributed by atoms with Gasteiger partial charge in [0.05, 0.1) is 24.7 Å². The quantitative estimate of drug-likeness (QED) is 0.248. The summed E-state index contributed by atoms with van der Waals surface area (Å²) in [6.45, 7) is 0.500. The molecule has 1 aromatic carbocycles. The highest BCUT2D eigenvalue weighted by Crippen LogP contribution is 2.21. The van der Waals surface area contributed by atoms with Crippen LogP contribution in [0.15, 0.2) is 42.4 Å². The molecule has 0 bridgehead atoms. The molecule has 0 saturated heterocycles. The Balaban J connectivity index is 2.04. The molecule has 13 heteroatoms. The van der Waals surface area contributed by atoms with E-state index in [2.05, 4.69) is 30.6 Å². The average Bonchev–Trinajstić information content (AvgIpc) is 2.71. The van der Waals surface area contributed by atoms with E-state index in [0.717, 1.165) is 23.6 Å². The monoisotopic (exact) mass is 466 g/mol. The largest absolute Gasteiger partial charge is 0.380 e. The van der Waals surface area contributed by atoms with Crippen LogP contribution >= 0.6 is 11.6 Å². The summed E-state index contributed by atoms with van der Waals surface area (Å²) in [4.78, 5) is 19.1. The van der Waals surface area contributed by atoms with Gasteiger partial charge < -0.3 is 27.1 Å². The number of rotatable bonds is 12. The van der Waals surface area contributed by atoms with Crippen LogP contribution in [0.4, 0.5) is 11.8 Å². The first-order valence-corrected chi connectivity index (χ1v) is 11.2. The summed E-state index contributed by atoms with van der Waals surface area (Å²) < 4.78 is 25.0. The molecule has 7 N–H and O–H groups in total. The van der Waals surface area contributed by atoms with Gasteiger partial charge in [0.15, 0.2) is 5.82 Å². The molecule has 11 nitrogen and oxygen atoms in total. The third-order valence-electron chi connectivity index (χ3n) is 3.68. The maximum atomic E-state index is 11.3. The number of anilines is 2. The van der Waals surface area contributed by atoms with Crippen molar-refractivity contribution in [2.75, 3.05) is 23.4 Å². The predicted molar refractivity (Wildman–Crippen MR) is 120 cm³/mol. The number of hydrogen-bond acceptors (Lipinski definition) is 9. The van der Waals surface area contributed by atoms with Crippen molar-refractivity contribution >= 4 is 45.5 Å². The molecule has 31 heavy (non-hydrogen) atoms. The zero-order valence-electron chi connectivity index (χ0n) is 16.6. The number of amides is 1. The van der Waals surface area contributed by atoms with Crippen LogP contribution in [0.5, 0.6) is 0 Å². The Morgan fingerprint density at radius 3 is 2.65 bits per heavy atom. The first kappa shape index (κ1) is 24.1. The normalized spacial score (nSPS) is 11.6. The summed E-state index contributed by atoms with van der Waals surface area (Å²) in [5.74, 6) is 0.0212. The fraction of sp³-hybridized carbons (Fsp3) is 0.222. The van der Waals surface area contributed by atoms with Crippen LogP contribution in [0.2, 0.25) is 5.02 Å². The number of sulfonamides is 1. The highest BCUT2D eigenvalue weighted by atomic mass is 35.5. The van der Waals surface area contributed by atoms with Gasteiger partial charge in [-0.25, -0.2) is 18.1 Å². The van der Waals surface area contributed by atoms with Gasteiger partial charge in [-0.05, 0) is 11.1 Å². The van der Waals surface area contributed by atoms with Gasteiger partial charge in [0.2, 0.25) is 21.9 Å². The van der Waals surface area contributed by atoms with E-state index in [1.54, 1.807) is 0 Å². The molecule has 0 saturated carbocycles. The van der Waals surface area contributed by atoms with E-state index in [0.29, 0.717) is 23.1 Å². The minimum absolute atomic E-state index is 0.0773. The zero-order valence-corrected chi connectivity index (χ0v) is 18.2. The van der Waals surface area contributed by atoms with Crippen LogP contribution in [-0.4, -0.2) is 43.3 Å². The third-order valence-corrected chi connectivity index (χ3v) is 4.62. The van der Waals surface area contributed by atoms with Gasteiger partial charge in [-0.1, -0.05) is 35.9 Å². The van der Waals surface area contributed by atoms with Gasteiger partial charge in [0.25, 0.3) is 0 Å². The smallest absolute Gasteiger partial charge is 0.236 e. The van der Waals surface area contributed by atoms with Crippen molar-refractivity contribution in [3.8, 4) is 0 Å². The van der Waals surface area contributed by atoms with Crippen LogP contribution in [0, 0.1) is 5.41 Å². The van der Waals surface area contributed by atoms with Gasteiger partial charge in [-0.2, -0.15) is 4.98 Å². The Labute approximate surface area is 185 Å². The SMILES string of the molecule is CS(=O)(=O)NCc1cccc(CNc2nc(N/C(C=N)=C/NCC(N)=O)ncc2Cl)c1. The summed E-state index contributed by atoms with van der Waals surface area (Å²) in [7, 11) is -3.28. The van der Waals surface area contributed by atoms with Crippen molar-refractivity contribution in [2.24, 2.45) is 5.73 Å². The Morgan fingerprint density at radius 1 is 1.29 bits per heavy atom. The van der Waals surface area contributed by atoms with Gasteiger partial charge in [0.1, 0.15) is 5.02 Å². The maximum absolute atomic E-state index is 11.3. The van der Waals surface area contributed by atoms with E-state index < -0.39 is 15.9 Å². The first-order valence-electron chi connectivity index (χ1n) is 8.94. The van der Waals surface area contributed by atoms with Gasteiger partial charge in [-0.3, -0.25) is 4.79 Å². The number of carbonyl (C=O) groups excluding carboxylic acids is 1. The van der Waals surface area contributed by atoms with E-state index in [9.17, 15) is 13.2 Å². The molecule has 0 fully saturated rings. The molecule has 0 unspecified atom stereocenters. The van der Waals surface area contributed by atoms with Crippen molar-refractivity contribution in [1.82, 2.24) is 20.0 Å². The van der Waals surface area contributed by atoms with E-state index in [1.807, 2.05) is 24.3 Å². The summed E-state index contributed by atoms with van der Waals surface area (Å²) in [5, 5.41) is 16.3. The molecule has 0 atom stereocenters. The number of hydrogen-bond donors (Lipinski definition) is 6. The molecule has 0 spiro atoms. The Bertz CT molecular complexity index is 1080. The fourth-order valence-corrected chi connectivity index (χ4v) is 2.89. The summed E-state index contributed by atoms with van der Waals surface area (Å²) in [6.07, 6.45) is 4.94. The molecule has 1 aromatic heterocycles. The number of nitrogens with zero attached hydrogens (tertiary/aromatic N) is 2. The molecule has 0 aliphatic rings. The van der Waals surface area contributed by atoms with Crippen LogP contribution in [-0.2, 0) is 27.9 Å². The Morgan fingerprint density at radius 2 is 2.00 bits per heavy atom. The van der Waals surface area contributed by atoms with Crippen LogP contribution in [0.25, 0.3) is 0 Å². The lowest BCUT2D eigenvalue weighted by Gasteiger charge is -2.11. The second-order valence-corrected chi connectivity index (χ2v) is 8.61. The lowest BCUT2D eigenvalue weighted by molar-refractivity contribution is -0.117. The summed E-state index contributed by atoms with van der Waals surface area (Å²) in [5.41, 5.74) is 7.06. The lowest BCUT2D eigenvalue weighted by Crippen LogP contribution is -2.25. The van der Waals surface area contributed by atoms with Crippen LogP contribution in [0.1, 0.15) is 11.1 Å². The molecule has 1 amide bonds. The molecule has 2 rings (SSSR count). The minimum atomic E-state index is -3.28. The molecular weight excluding hydrogens is 444 g/mol. The van der Waals surface area contributed by atoms with Gasteiger partial charge >= 0.3 is 0 Å². The minimum Gasteiger partial charge on any atom is -0.380 e. The number of allylic oxidation sites excluding steroid dienone is 1.